The summed E-state index contributed by atoms with van der Waals surface area (Å²) in [6, 6.07) is 22.7. The Labute approximate surface area is 210 Å². The highest BCUT2D eigenvalue weighted by Gasteiger charge is 2.40. The molecule has 4 rings (SSSR count). The lowest BCUT2D eigenvalue weighted by Crippen LogP contribution is -2.42. The van der Waals surface area contributed by atoms with E-state index in [2.05, 4.69) is 23.5 Å². The number of fused-ring (bicyclic) bond motifs is 1. The van der Waals surface area contributed by atoms with Crippen LogP contribution in [0.2, 0.25) is 0 Å². The van der Waals surface area contributed by atoms with Gasteiger partial charge in [-0.1, -0.05) is 42.5 Å². The molecule has 1 saturated heterocycles. The zero-order valence-corrected chi connectivity index (χ0v) is 20.3. The summed E-state index contributed by atoms with van der Waals surface area (Å²) >= 11 is 0. The monoisotopic (exact) mass is 483 g/mol. The van der Waals surface area contributed by atoms with Gasteiger partial charge in [-0.25, -0.2) is 0 Å². The number of esters is 1. The Hall–Kier alpha value is -4.18. The normalized spacial score (nSPS) is 17.1. The van der Waals surface area contributed by atoms with Gasteiger partial charge in [-0.15, -0.1) is 0 Å². The Morgan fingerprint density at radius 1 is 1.08 bits per heavy atom. The smallest absolute Gasteiger partial charge is 0.306 e. The first-order valence-corrected chi connectivity index (χ1v) is 12.1. The Bertz CT molecular complexity index is 1300. The van der Waals surface area contributed by atoms with Gasteiger partial charge < -0.3 is 15.0 Å². The molecule has 3 aromatic rings. The number of hydrogen-bond donors (Lipinski definition) is 1. The van der Waals surface area contributed by atoms with E-state index in [1.807, 2.05) is 30.3 Å². The first-order chi connectivity index (χ1) is 17.5. The Morgan fingerprint density at radius 2 is 1.86 bits per heavy atom. The van der Waals surface area contributed by atoms with E-state index in [-0.39, 0.29) is 24.3 Å². The number of aryl methyl sites for hydroxylation is 1. The lowest BCUT2D eigenvalue weighted by Gasteiger charge is -2.25. The molecule has 0 spiro atoms. The van der Waals surface area contributed by atoms with Crippen molar-refractivity contribution in [2.75, 3.05) is 20.2 Å². The third kappa shape index (κ3) is 5.89. The van der Waals surface area contributed by atoms with Gasteiger partial charge in [-0.3, -0.25) is 14.4 Å². The van der Waals surface area contributed by atoms with Gasteiger partial charge in [-0.05, 0) is 59.9 Å². The van der Waals surface area contributed by atoms with Crippen LogP contribution >= 0.6 is 0 Å². The molecule has 1 heterocycles. The average Bonchev–Trinajstić information content (AvgIpc) is 3.20. The van der Waals surface area contributed by atoms with E-state index >= 15 is 0 Å². The molecule has 2 amide bonds. The highest BCUT2D eigenvalue weighted by Crippen LogP contribution is 2.28. The Morgan fingerprint density at radius 3 is 2.61 bits per heavy atom. The molecule has 1 N–H and O–H groups in total. The number of amides is 2. The highest BCUT2D eigenvalue weighted by atomic mass is 16.5. The van der Waals surface area contributed by atoms with Crippen LogP contribution in [0.1, 0.15) is 40.7 Å². The fraction of sp³-hybridized carbons (Fsp3) is 0.310. The molecule has 2 atom stereocenters. The molecule has 7 nitrogen and oxygen atoms in total. The summed E-state index contributed by atoms with van der Waals surface area (Å²) in [5, 5.41) is 13.9. The fourth-order valence-corrected chi connectivity index (χ4v) is 4.78. The van der Waals surface area contributed by atoms with Gasteiger partial charge in [0.05, 0.1) is 31.1 Å². The van der Waals surface area contributed by atoms with Gasteiger partial charge >= 0.3 is 5.97 Å². The molecule has 0 aromatic heterocycles. The molecule has 0 saturated carbocycles. The van der Waals surface area contributed by atoms with Crippen LogP contribution in [0.5, 0.6) is 0 Å². The van der Waals surface area contributed by atoms with Crippen LogP contribution in [-0.2, 0) is 20.7 Å². The molecule has 1 aliphatic heterocycles. The number of nitriles is 1. The van der Waals surface area contributed by atoms with Crippen LogP contribution < -0.4 is 5.32 Å². The number of carbonyl (C=O) groups is 3. The number of nitrogens with one attached hydrogen (secondary N) is 1. The molecule has 0 aliphatic carbocycles. The third-order valence-corrected chi connectivity index (χ3v) is 6.71. The molecule has 1 fully saturated rings. The van der Waals surface area contributed by atoms with Crippen molar-refractivity contribution in [3.8, 4) is 6.07 Å². The number of carbonyl (C=O) groups excluding carboxylic acids is 3. The number of likely N-dealkylation sites (tertiary alicyclic amines) is 1. The number of ether oxygens (including phenoxy) is 1. The molecule has 184 valence electrons. The topological polar surface area (TPSA) is 99.5 Å². The number of benzene rings is 3. The molecular formula is C29H29N3O4. The maximum Gasteiger partial charge on any atom is 0.306 e. The maximum atomic E-state index is 13.1. The number of rotatable bonds is 9. The van der Waals surface area contributed by atoms with E-state index in [0.717, 1.165) is 23.6 Å². The van der Waals surface area contributed by atoms with Gasteiger partial charge in [0.2, 0.25) is 5.91 Å². The zero-order chi connectivity index (χ0) is 25.5. The summed E-state index contributed by atoms with van der Waals surface area (Å²) in [6.07, 6.45) is 2.16. The van der Waals surface area contributed by atoms with Crippen LogP contribution in [0.25, 0.3) is 10.8 Å². The Kier molecular flexibility index (Phi) is 7.96. The lowest BCUT2D eigenvalue weighted by atomic mass is 10.0. The minimum Gasteiger partial charge on any atom is -0.469 e. The lowest BCUT2D eigenvalue weighted by molar-refractivity contribution is -0.144. The molecule has 3 aromatic carbocycles. The first-order valence-electron chi connectivity index (χ1n) is 12.1. The number of nitrogens with zero attached hydrogens (tertiary/aromatic N) is 2. The summed E-state index contributed by atoms with van der Waals surface area (Å²) in [4.78, 5) is 39.7. The van der Waals surface area contributed by atoms with Crippen molar-refractivity contribution < 1.29 is 19.1 Å². The average molecular weight is 484 g/mol. The van der Waals surface area contributed by atoms with Crippen molar-refractivity contribution >= 4 is 28.6 Å². The molecule has 0 unspecified atom stereocenters. The van der Waals surface area contributed by atoms with E-state index in [0.29, 0.717) is 30.6 Å². The van der Waals surface area contributed by atoms with Crippen molar-refractivity contribution in [2.45, 2.75) is 31.7 Å². The van der Waals surface area contributed by atoms with Crippen LogP contribution in [0.4, 0.5) is 0 Å². The summed E-state index contributed by atoms with van der Waals surface area (Å²) in [6.45, 7) is 0.850. The summed E-state index contributed by atoms with van der Waals surface area (Å²) in [7, 11) is 1.32. The zero-order valence-electron chi connectivity index (χ0n) is 20.3. The minimum absolute atomic E-state index is 0.0425. The van der Waals surface area contributed by atoms with E-state index in [1.54, 1.807) is 29.2 Å². The summed E-state index contributed by atoms with van der Waals surface area (Å²) < 4.78 is 4.78. The van der Waals surface area contributed by atoms with Crippen molar-refractivity contribution in [3.05, 3.63) is 83.4 Å². The number of hydrogen-bond acceptors (Lipinski definition) is 5. The molecule has 7 heteroatoms. The molecule has 36 heavy (non-hydrogen) atoms. The molecule has 1 aliphatic rings. The summed E-state index contributed by atoms with van der Waals surface area (Å²) in [5.41, 5.74) is 2.23. The predicted molar refractivity (Wildman–Crippen MR) is 136 cm³/mol. The van der Waals surface area contributed by atoms with Crippen molar-refractivity contribution in [2.24, 2.45) is 5.92 Å². The fourth-order valence-electron chi connectivity index (χ4n) is 4.78. The molecule has 0 radical (unpaired) electrons. The SMILES string of the molecule is COC(=O)C[C@@H]1C[C@@H](CNC(=O)c2ccc3ccc(C#N)cc3c2)N(CCCc2ccccc2)C1=O. The largest absolute Gasteiger partial charge is 0.469 e. The molecular weight excluding hydrogens is 454 g/mol. The van der Waals surface area contributed by atoms with Crippen molar-refractivity contribution in [1.29, 1.82) is 5.26 Å². The van der Waals surface area contributed by atoms with Gasteiger partial charge in [0.1, 0.15) is 0 Å². The molecule has 0 bridgehead atoms. The predicted octanol–water partition coefficient (Wildman–Crippen LogP) is 3.85. The standard InChI is InChI=1S/C29H29N3O4/c1-36-27(33)17-25-16-26(32(29(25)35)13-5-8-20-6-3-2-4-7-20)19-31-28(34)23-12-11-22-10-9-21(18-30)14-24(22)15-23/h2-4,6-7,9-12,14-15,25-26H,5,8,13,16-17,19H2,1H3,(H,31,34)/t25-,26-/m0/s1. The van der Waals surface area contributed by atoms with Gasteiger partial charge in [0.25, 0.3) is 5.91 Å². The van der Waals surface area contributed by atoms with Crippen LogP contribution in [0.3, 0.4) is 0 Å². The summed E-state index contributed by atoms with van der Waals surface area (Å²) in [5.74, 6) is -1.16. The van der Waals surface area contributed by atoms with Crippen LogP contribution in [0, 0.1) is 17.2 Å². The van der Waals surface area contributed by atoms with E-state index < -0.39 is 11.9 Å². The van der Waals surface area contributed by atoms with Crippen LogP contribution in [0.15, 0.2) is 66.7 Å². The second-order valence-electron chi connectivity index (χ2n) is 9.09. The minimum atomic E-state index is -0.443. The van der Waals surface area contributed by atoms with Crippen molar-refractivity contribution in [3.63, 3.8) is 0 Å². The van der Waals surface area contributed by atoms with Crippen molar-refractivity contribution in [1.82, 2.24) is 10.2 Å². The second kappa shape index (κ2) is 11.5. The third-order valence-electron chi connectivity index (χ3n) is 6.71. The second-order valence-corrected chi connectivity index (χ2v) is 9.09. The van der Waals surface area contributed by atoms with Gasteiger partial charge in [0, 0.05) is 24.7 Å². The van der Waals surface area contributed by atoms with E-state index in [4.69, 9.17) is 10.00 Å². The van der Waals surface area contributed by atoms with Crippen LogP contribution in [-0.4, -0.2) is 48.9 Å². The first kappa shape index (κ1) is 24.9. The highest BCUT2D eigenvalue weighted by molar-refractivity contribution is 5.99. The quantitative estimate of drug-likeness (QED) is 0.466. The maximum absolute atomic E-state index is 13.1. The Balaban J connectivity index is 1.42. The van der Waals surface area contributed by atoms with E-state index in [1.165, 1.54) is 12.7 Å². The number of methoxy groups -OCH3 is 1. The van der Waals surface area contributed by atoms with E-state index in [9.17, 15) is 14.4 Å². The van der Waals surface area contributed by atoms with Gasteiger partial charge in [0.15, 0.2) is 0 Å². The van der Waals surface area contributed by atoms with Gasteiger partial charge in [-0.2, -0.15) is 5.26 Å².